The highest BCUT2D eigenvalue weighted by atomic mass is 32.1. The number of amides is 2. The maximum atomic E-state index is 12.4. The van der Waals surface area contributed by atoms with Crippen LogP contribution < -0.4 is 15.5 Å². The summed E-state index contributed by atoms with van der Waals surface area (Å²) in [5.74, 6) is 0.256. The van der Waals surface area contributed by atoms with E-state index in [0.29, 0.717) is 28.9 Å². The molecular weight excluding hydrogens is 512 g/mol. The molecule has 5 aromatic rings. The Hall–Kier alpha value is -4.83. The van der Waals surface area contributed by atoms with Gasteiger partial charge in [-0.25, -0.2) is 5.43 Å². The van der Waals surface area contributed by atoms with Crippen molar-refractivity contribution in [1.82, 2.24) is 20.2 Å². The normalized spacial score (nSPS) is 11.1. The fourth-order valence-electron chi connectivity index (χ4n) is 4.02. The standard InChI is InChI=1S/C29H26N6O3S/c1-20-9-5-8-14-25(20)38-16-15-35-19-22(23-12-6-7-13-24(23)35)18-30-32-26(36)17-27-33-34-29(39-27)31-28(37)21-10-3-2-4-11-21/h2-14,18-19H,15-17H2,1H3,(H,32,36)(H,31,34,37)/b30-18-. The average molecular weight is 539 g/mol. The zero-order valence-electron chi connectivity index (χ0n) is 21.2. The minimum Gasteiger partial charge on any atom is -0.491 e. The van der Waals surface area contributed by atoms with E-state index in [4.69, 9.17) is 4.74 Å². The molecule has 2 heterocycles. The van der Waals surface area contributed by atoms with E-state index in [2.05, 4.69) is 30.6 Å². The topological polar surface area (TPSA) is 110 Å². The molecule has 0 radical (unpaired) electrons. The predicted molar refractivity (Wildman–Crippen MR) is 152 cm³/mol. The third-order valence-corrected chi connectivity index (χ3v) is 6.77. The smallest absolute Gasteiger partial charge is 0.257 e. The van der Waals surface area contributed by atoms with E-state index < -0.39 is 0 Å². The Morgan fingerprint density at radius 1 is 1.00 bits per heavy atom. The zero-order valence-corrected chi connectivity index (χ0v) is 22.0. The third-order valence-electron chi connectivity index (χ3n) is 5.93. The lowest BCUT2D eigenvalue weighted by atomic mass is 10.2. The lowest BCUT2D eigenvalue weighted by molar-refractivity contribution is -0.120. The molecule has 2 amide bonds. The van der Waals surface area contributed by atoms with E-state index >= 15 is 0 Å². The number of ether oxygens (including phenoxy) is 1. The molecule has 0 aliphatic heterocycles. The van der Waals surface area contributed by atoms with Gasteiger partial charge in [0.2, 0.25) is 11.0 Å². The van der Waals surface area contributed by atoms with Crippen LogP contribution in [0.3, 0.4) is 0 Å². The van der Waals surface area contributed by atoms with Gasteiger partial charge in [-0.2, -0.15) is 5.10 Å². The Morgan fingerprint density at radius 2 is 1.77 bits per heavy atom. The molecule has 0 bridgehead atoms. The number of aryl methyl sites for hydroxylation is 1. The SMILES string of the molecule is Cc1ccccc1OCCn1cc(/C=N\NC(=O)Cc2nnc(NC(=O)c3ccccc3)s2)c2ccccc21. The number of hydrogen-bond acceptors (Lipinski definition) is 7. The highest BCUT2D eigenvalue weighted by Crippen LogP contribution is 2.21. The second-order valence-corrected chi connectivity index (χ2v) is 9.76. The van der Waals surface area contributed by atoms with Gasteiger partial charge in [-0.1, -0.05) is 65.9 Å². The van der Waals surface area contributed by atoms with Gasteiger partial charge in [0.25, 0.3) is 5.91 Å². The molecule has 39 heavy (non-hydrogen) atoms. The van der Waals surface area contributed by atoms with E-state index in [1.165, 1.54) is 0 Å². The van der Waals surface area contributed by atoms with Crippen molar-refractivity contribution in [2.24, 2.45) is 5.10 Å². The summed E-state index contributed by atoms with van der Waals surface area (Å²) in [6.45, 7) is 3.21. The maximum Gasteiger partial charge on any atom is 0.257 e. The first-order chi connectivity index (χ1) is 19.1. The first kappa shape index (κ1) is 25.8. The van der Waals surface area contributed by atoms with Gasteiger partial charge < -0.3 is 9.30 Å². The predicted octanol–water partition coefficient (Wildman–Crippen LogP) is 4.83. The van der Waals surface area contributed by atoms with Crippen molar-refractivity contribution >= 4 is 45.4 Å². The van der Waals surface area contributed by atoms with Crippen LogP contribution in [0.5, 0.6) is 5.75 Å². The molecule has 0 fully saturated rings. The zero-order chi connectivity index (χ0) is 27.0. The number of nitrogens with zero attached hydrogens (tertiary/aromatic N) is 4. The quantitative estimate of drug-likeness (QED) is 0.196. The van der Waals surface area contributed by atoms with Crippen molar-refractivity contribution in [3.05, 3.63) is 107 Å². The summed E-state index contributed by atoms with van der Waals surface area (Å²) in [6, 6.07) is 24.8. The van der Waals surface area contributed by atoms with Crippen LogP contribution in [-0.4, -0.2) is 39.4 Å². The minimum atomic E-state index is -0.335. The number of anilines is 1. The summed E-state index contributed by atoms with van der Waals surface area (Å²) in [5.41, 5.74) is 6.09. The summed E-state index contributed by atoms with van der Waals surface area (Å²) in [5, 5.41) is 16.6. The molecule has 0 aliphatic rings. The van der Waals surface area contributed by atoms with Crippen LogP contribution in [0.15, 0.2) is 90.2 Å². The number of carbonyl (C=O) groups is 2. The van der Waals surface area contributed by atoms with Gasteiger partial charge in [-0.15, -0.1) is 10.2 Å². The summed E-state index contributed by atoms with van der Waals surface area (Å²) in [7, 11) is 0. The number of hydrogen-bond donors (Lipinski definition) is 2. The molecule has 0 saturated heterocycles. The van der Waals surface area contributed by atoms with Crippen molar-refractivity contribution < 1.29 is 14.3 Å². The monoisotopic (exact) mass is 538 g/mol. The van der Waals surface area contributed by atoms with Gasteiger partial charge in [0.1, 0.15) is 17.4 Å². The Bertz CT molecular complexity index is 1630. The van der Waals surface area contributed by atoms with Crippen molar-refractivity contribution in [2.75, 3.05) is 11.9 Å². The summed E-state index contributed by atoms with van der Waals surface area (Å²) in [6.07, 6.45) is 3.62. The average Bonchev–Trinajstić information content (AvgIpc) is 3.54. The number of carbonyl (C=O) groups excluding carboxylic acids is 2. The van der Waals surface area contributed by atoms with Crippen LogP contribution >= 0.6 is 11.3 Å². The van der Waals surface area contributed by atoms with Crippen molar-refractivity contribution in [3.63, 3.8) is 0 Å². The van der Waals surface area contributed by atoms with Gasteiger partial charge >= 0.3 is 0 Å². The van der Waals surface area contributed by atoms with E-state index in [1.807, 2.05) is 67.7 Å². The van der Waals surface area contributed by atoms with Crippen molar-refractivity contribution in [3.8, 4) is 5.75 Å². The van der Waals surface area contributed by atoms with E-state index in [-0.39, 0.29) is 18.2 Å². The maximum absolute atomic E-state index is 12.4. The van der Waals surface area contributed by atoms with Gasteiger partial charge in [-0.05, 0) is 36.8 Å². The first-order valence-corrected chi connectivity index (χ1v) is 13.2. The number of benzene rings is 3. The molecule has 9 nitrogen and oxygen atoms in total. The molecule has 2 aromatic heterocycles. The van der Waals surface area contributed by atoms with Crippen molar-refractivity contribution in [1.29, 1.82) is 0 Å². The van der Waals surface area contributed by atoms with Gasteiger partial charge in [0.15, 0.2) is 0 Å². The van der Waals surface area contributed by atoms with Crippen molar-refractivity contribution in [2.45, 2.75) is 19.9 Å². The van der Waals surface area contributed by atoms with E-state index in [9.17, 15) is 9.59 Å². The van der Waals surface area contributed by atoms with Crippen LogP contribution in [0.1, 0.15) is 26.5 Å². The van der Waals surface area contributed by atoms with E-state index in [1.54, 1.807) is 30.5 Å². The summed E-state index contributed by atoms with van der Waals surface area (Å²) >= 11 is 1.14. The fraction of sp³-hybridized carbons (Fsp3) is 0.138. The Morgan fingerprint density at radius 3 is 2.62 bits per heavy atom. The van der Waals surface area contributed by atoms with Gasteiger partial charge in [0, 0.05) is 28.2 Å². The first-order valence-electron chi connectivity index (χ1n) is 12.3. The number of nitrogens with one attached hydrogen (secondary N) is 2. The van der Waals surface area contributed by atoms with Crippen LogP contribution in [-0.2, 0) is 17.8 Å². The Labute approximate surface area is 229 Å². The number of rotatable bonds is 10. The molecule has 0 unspecified atom stereocenters. The molecule has 0 saturated carbocycles. The second kappa shape index (κ2) is 12.1. The van der Waals surface area contributed by atoms with Gasteiger partial charge in [0.05, 0.1) is 19.2 Å². The molecule has 3 aromatic carbocycles. The molecule has 0 atom stereocenters. The molecule has 5 rings (SSSR count). The molecule has 0 spiro atoms. The summed E-state index contributed by atoms with van der Waals surface area (Å²) in [4.78, 5) is 24.7. The summed E-state index contributed by atoms with van der Waals surface area (Å²) < 4.78 is 8.08. The van der Waals surface area contributed by atoms with Crippen LogP contribution in [0.2, 0.25) is 0 Å². The molecule has 196 valence electrons. The Kier molecular flexibility index (Phi) is 8.03. The highest BCUT2D eigenvalue weighted by molar-refractivity contribution is 7.15. The van der Waals surface area contributed by atoms with E-state index in [0.717, 1.165) is 39.1 Å². The fourth-order valence-corrected chi connectivity index (χ4v) is 4.75. The number of aromatic nitrogens is 3. The number of para-hydroxylation sites is 2. The Balaban J connectivity index is 1.17. The van der Waals surface area contributed by atoms with Crippen LogP contribution in [0.25, 0.3) is 10.9 Å². The van der Waals surface area contributed by atoms with Gasteiger partial charge in [-0.3, -0.25) is 14.9 Å². The molecule has 10 heteroatoms. The number of fused-ring (bicyclic) bond motifs is 1. The largest absolute Gasteiger partial charge is 0.491 e. The third kappa shape index (κ3) is 6.55. The highest BCUT2D eigenvalue weighted by Gasteiger charge is 2.13. The minimum absolute atomic E-state index is 0.00574. The molecule has 2 N–H and O–H groups in total. The number of hydrazone groups is 1. The lowest BCUT2D eigenvalue weighted by Crippen LogP contribution is -2.19. The second-order valence-electron chi connectivity index (χ2n) is 8.70. The van der Waals surface area contributed by atoms with Crippen LogP contribution in [0.4, 0.5) is 5.13 Å². The lowest BCUT2D eigenvalue weighted by Gasteiger charge is -2.10. The molecule has 0 aliphatic carbocycles. The molecular formula is C29H26N6O3S. The van der Waals surface area contributed by atoms with Crippen LogP contribution in [0, 0.1) is 6.92 Å².